The maximum absolute atomic E-state index is 12.7. The van der Waals surface area contributed by atoms with Crippen molar-refractivity contribution in [3.05, 3.63) is 11.6 Å². The zero-order chi connectivity index (χ0) is 27.2. The molecule has 2 unspecified atom stereocenters. The van der Waals surface area contributed by atoms with Gasteiger partial charge in [0.1, 0.15) is 0 Å². The van der Waals surface area contributed by atoms with E-state index in [0.29, 0.717) is 18.3 Å². The first kappa shape index (κ1) is 31.2. The minimum absolute atomic E-state index is 0. The Morgan fingerprint density at radius 2 is 1.66 bits per heavy atom. The van der Waals surface area contributed by atoms with Crippen molar-refractivity contribution in [3.63, 3.8) is 0 Å². The predicted molar refractivity (Wildman–Crippen MR) is 141 cm³/mol. The summed E-state index contributed by atoms with van der Waals surface area (Å²) >= 11 is 0. The fraction of sp³-hybridized carbons (Fsp3) is 0.900. The second-order valence-corrected chi connectivity index (χ2v) is 15.9. The summed E-state index contributed by atoms with van der Waals surface area (Å²) in [7, 11) is -4.80. The Balaban J connectivity index is 0.00000336. The van der Waals surface area contributed by atoms with Crippen molar-refractivity contribution in [3.8, 4) is 0 Å². The Labute approximate surface area is 252 Å². The third kappa shape index (κ3) is 4.39. The Morgan fingerprint density at radius 3 is 2.29 bits per heavy atom. The fourth-order valence-corrected chi connectivity index (χ4v) is 11.8. The van der Waals surface area contributed by atoms with Crippen molar-refractivity contribution >= 4 is 16.2 Å². The molecule has 0 aliphatic heterocycles. The molecule has 0 aromatic heterocycles. The first-order chi connectivity index (χ1) is 17.0. The number of rotatable bonds is 7. The van der Waals surface area contributed by atoms with Crippen LogP contribution in [0.2, 0.25) is 0 Å². The van der Waals surface area contributed by atoms with Crippen LogP contribution in [0, 0.1) is 50.7 Å². The van der Waals surface area contributed by atoms with Crippen LogP contribution in [-0.4, -0.2) is 36.6 Å². The molecule has 0 aromatic carbocycles. The van der Waals surface area contributed by atoms with Gasteiger partial charge in [0.25, 0.3) is 0 Å². The number of allylic oxidation sites excluding steroid dienone is 2. The number of hydrogen-bond acceptors (Lipinski definition) is 6. The first-order valence-electron chi connectivity index (χ1n) is 14.5. The smallest absolute Gasteiger partial charge is 0.726 e. The summed E-state index contributed by atoms with van der Waals surface area (Å²) in [6, 6.07) is 0. The molecule has 2 spiro atoms. The molecule has 5 aliphatic carbocycles. The van der Waals surface area contributed by atoms with E-state index in [2.05, 4.69) is 27.7 Å². The van der Waals surface area contributed by atoms with E-state index >= 15 is 0 Å². The monoisotopic (exact) mass is 558 g/mol. The quantitative estimate of drug-likeness (QED) is 0.223. The van der Waals surface area contributed by atoms with Gasteiger partial charge in [-0.2, -0.15) is 0 Å². The maximum atomic E-state index is 12.7. The molecule has 5 fully saturated rings. The Morgan fingerprint density at radius 1 is 1.03 bits per heavy atom. The van der Waals surface area contributed by atoms with Gasteiger partial charge in [0.2, 0.25) is 10.4 Å². The Kier molecular flexibility index (Phi) is 8.13. The van der Waals surface area contributed by atoms with Crippen LogP contribution in [0.1, 0.15) is 106 Å². The van der Waals surface area contributed by atoms with Gasteiger partial charge < -0.3 is 9.66 Å². The largest absolute Gasteiger partial charge is 1.00 e. The summed E-state index contributed by atoms with van der Waals surface area (Å²) in [6.45, 7) is 12.8. The fourth-order valence-electron chi connectivity index (χ4n) is 11.4. The topological polar surface area (TPSA) is 104 Å². The zero-order valence-corrected chi connectivity index (χ0v) is 27.5. The Bertz CT molecular complexity index is 1100. The van der Waals surface area contributed by atoms with E-state index in [1.165, 1.54) is 0 Å². The molecular formula is C30H47NaO6S. The van der Waals surface area contributed by atoms with E-state index in [-0.39, 0.29) is 87.0 Å². The van der Waals surface area contributed by atoms with Crippen LogP contribution >= 0.6 is 0 Å². The summed E-state index contributed by atoms with van der Waals surface area (Å²) in [4.78, 5) is 12.7. The second-order valence-electron chi connectivity index (χ2n) is 14.8. The van der Waals surface area contributed by atoms with Gasteiger partial charge >= 0.3 is 29.6 Å². The van der Waals surface area contributed by atoms with Gasteiger partial charge in [-0.1, -0.05) is 33.3 Å². The van der Waals surface area contributed by atoms with Gasteiger partial charge in [-0.05, 0) is 123 Å². The molecule has 0 aromatic rings. The van der Waals surface area contributed by atoms with E-state index in [9.17, 15) is 22.9 Å². The molecule has 8 heteroatoms. The maximum Gasteiger partial charge on any atom is 1.00 e. The molecule has 210 valence electrons. The number of ketones is 1. The number of aliphatic hydroxyl groups is 1. The van der Waals surface area contributed by atoms with Crippen molar-refractivity contribution in [2.24, 2.45) is 50.7 Å². The number of carbonyl (C=O) groups excluding carboxylic acids is 1. The van der Waals surface area contributed by atoms with E-state index in [0.717, 1.165) is 63.4 Å². The van der Waals surface area contributed by atoms with Crippen LogP contribution in [0.5, 0.6) is 0 Å². The molecule has 5 saturated carbocycles. The molecule has 6 nitrogen and oxygen atoms in total. The predicted octanol–water partition coefficient (Wildman–Crippen LogP) is 2.81. The van der Waals surface area contributed by atoms with Crippen LogP contribution in [-0.2, 0) is 19.4 Å². The zero-order valence-electron chi connectivity index (χ0n) is 24.6. The van der Waals surface area contributed by atoms with Gasteiger partial charge in [-0.25, -0.2) is 8.42 Å². The summed E-state index contributed by atoms with van der Waals surface area (Å²) in [5, 5.41) is 10.9. The molecule has 5 rings (SSSR count). The summed E-state index contributed by atoms with van der Waals surface area (Å²) in [5.74, 6) is 1.41. The van der Waals surface area contributed by atoms with Crippen LogP contribution < -0.4 is 29.6 Å². The van der Waals surface area contributed by atoms with Gasteiger partial charge in [0.05, 0.1) is 12.7 Å². The van der Waals surface area contributed by atoms with E-state index in [1.807, 2.05) is 13.8 Å². The molecule has 1 N–H and O–H groups in total. The van der Waals surface area contributed by atoms with Gasteiger partial charge in [0, 0.05) is 11.8 Å². The van der Waals surface area contributed by atoms with Crippen molar-refractivity contribution in [1.82, 2.24) is 0 Å². The number of carbonyl (C=O) groups is 1. The van der Waals surface area contributed by atoms with Crippen LogP contribution in [0.4, 0.5) is 0 Å². The standard InChI is InChI=1S/C30H48O6S.Na/c1-19(2)15-21(31)16-20(3)22-9-11-30(18-36-37(33,34)35)24-8-7-23-26(4,5)25(32)10-12-28(23)17-29(24,28)14-13-27(22,30)6;/h15,20,22-25,32H,7-14,16-18H2,1-6H3,(H,33,34,35);/q;+1/p-1/t20?,22-,23?,24-,25+,27-,28-,29+,30-;/m1./s1. The summed E-state index contributed by atoms with van der Waals surface area (Å²) in [6.07, 6.45) is 10.9. The van der Waals surface area contributed by atoms with Crippen LogP contribution in [0.3, 0.4) is 0 Å². The minimum Gasteiger partial charge on any atom is -0.726 e. The Hall–Kier alpha value is 0.240. The van der Waals surface area contributed by atoms with Gasteiger partial charge in [-0.3, -0.25) is 8.98 Å². The number of aliphatic hydroxyl groups excluding tert-OH is 1. The summed E-state index contributed by atoms with van der Waals surface area (Å²) < 4.78 is 40.5. The van der Waals surface area contributed by atoms with Crippen LogP contribution in [0.15, 0.2) is 11.6 Å². The van der Waals surface area contributed by atoms with Crippen molar-refractivity contribution in [1.29, 1.82) is 0 Å². The normalized spacial score (nSPS) is 45.4. The van der Waals surface area contributed by atoms with Crippen LogP contribution in [0.25, 0.3) is 0 Å². The van der Waals surface area contributed by atoms with Gasteiger partial charge in [-0.15, -0.1) is 0 Å². The van der Waals surface area contributed by atoms with Gasteiger partial charge in [0.15, 0.2) is 5.78 Å². The van der Waals surface area contributed by atoms with Crippen molar-refractivity contribution < 1.29 is 56.6 Å². The third-order valence-electron chi connectivity index (χ3n) is 12.9. The van der Waals surface area contributed by atoms with Crippen molar-refractivity contribution in [2.45, 2.75) is 112 Å². The molecule has 9 atom stereocenters. The SMILES string of the molecule is CC(C)=CC(=O)CC(C)[C@H]1CC[C@@]2(COS(=O)(=O)[O-])[C@@H]3CCC4C(C)(C)[C@@H](O)CC[C@@]45C[C@@]35CC[C@]12C.[Na+]. The van der Waals surface area contributed by atoms with E-state index in [1.54, 1.807) is 6.08 Å². The summed E-state index contributed by atoms with van der Waals surface area (Å²) in [5.41, 5.74) is 0.696. The molecule has 5 aliphatic rings. The number of hydrogen-bond donors (Lipinski definition) is 1. The molecule has 38 heavy (non-hydrogen) atoms. The second kappa shape index (κ2) is 9.91. The van der Waals surface area contributed by atoms with Crippen molar-refractivity contribution in [2.75, 3.05) is 6.61 Å². The third-order valence-corrected chi connectivity index (χ3v) is 13.3. The van der Waals surface area contributed by atoms with E-state index < -0.39 is 10.4 Å². The number of fused-ring (bicyclic) bond motifs is 2. The molecule has 0 saturated heterocycles. The molecule has 0 bridgehead atoms. The molecule has 0 amide bonds. The first-order valence-corrected chi connectivity index (χ1v) is 15.8. The molecule has 0 radical (unpaired) electrons. The average Bonchev–Trinajstić information content (AvgIpc) is 3.33. The minimum atomic E-state index is -4.80. The van der Waals surface area contributed by atoms with E-state index in [4.69, 9.17) is 4.18 Å². The molecule has 0 heterocycles. The average molecular weight is 559 g/mol. The molecular weight excluding hydrogens is 511 g/mol.